The maximum atomic E-state index is 12.2. The predicted molar refractivity (Wildman–Crippen MR) is 130 cm³/mol. The minimum absolute atomic E-state index is 0.148. The van der Waals surface area contributed by atoms with Crippen LogP contribution in [0.2, 0.25) is 0 Å². The van der Waals surface area contributed by atoms with E-state index in [2.05, 4.69) is 20.8 Å². The molecule has 2 heteroatoms. The van der Waals surface area contributed by atoms with Crippen molar-refractivity contribution in [3.8, 4) is 0 Å². The highest BCUT2D eigenvalue weighted by atomic mass is 16.1. The molecule has 0 aromatic carbocycles. The van der Waals surface area contributed by atoms with E-state index in [0.717, 1.165) is 31.3 Å². The van der Waals surface area contributed by atoms with Gasteiger partial charge in [-0.15, -0.1) is 0 Å². The third-order valence-corrected chi connectivity index (χ3v) is 6.17. The van der Waals surface area contributed by atoms with Crippen LogP contribution in [-0.4, -0.2) is 5.91 Å². The van der Waals surface area contributed by atoms with E-state index in [1.807, 2.05) is 0 Å². The Bertz CT molecular complexity index is 381. The van der Waals surface area contributed by atoms with Crippen molar-refractivity contribution in [3.63, 3.8) is 0 Å². The van der Waals surface area contributed by atoms with Crippen LogP contribution in [0.25, 0.3) is 0 Å². The highest BCUT2D eigenvalue weighted by Gasteiger charge is 2.12. The molecule has 0 saturated carbocycles. The first-order chi connectivity index (χ1) is 14.2. The molecule has 0 heterocycles. The lowest BCUT2D eigenvalue weighted by Crippen LogP contribution is -2.16. The van der Waals surface area contributed by atoms with Crippen LogP contribution in [0, 0.1) is 0 Å². The van der Waals surface area contributed by atoms with Gasteiger partial charge in [0.15, 0.2) is 0 Å². The fourth-order valence-electron chi connectivity index (χ4n) is 4.22. The molecule has 2 N–H and O–H groups in total. The maximum Gasteiger partial charge on any atom is 0.244 e. The van der Waals surface area contributed by atoms with E-state index in [1.54, 1.807) is 0 Å². The van der Waals surface area contributed by atoms with E-state index in [0.29, 0.717) is 0 Å². The van der Waals surface area contributed by atoms with Crippen LogP contribution in [0.4, 0.5) is 0 Å². The van der Waals surface area contributed by atoms with Gasteiger partial charge in [0.25, 0.3) is 0 Å². The molecular weight excluding hydrogens is 354 g/mol. The fraction of sp³-hybridized carbons (Fsp3) is 0.889. The Hall–Kier alpha value is -0.790. The third kappa shape index (κ3) is 17.8. The number of hydrogen-bond donors (Lipinski definition) is 1. The molecule has 0 aromatic heterocycles. The highest BCUT2D eigenvalue weighted by molar-refractivity contribution is 5.92. The standard InChI is InChI=1S/C27H53NO/c1-4-7-10-13-16-19-22-25(23-20-17-14-11-8-5-2)26(27(28)29)24-21-18-15-12-9-6-3/h4-24H2,1-3H3,(H2,28,29). The Morgan fingerprint density at radius 2 is 0.793 bits per heavy atom. The van der Waals surface area contributed by atoms with Gasteiger partial charge in [-0.1, -0.05) is 123 Å². The molecular formula is C27H53NO. The fourth-order valence-corrected chi connectivity index (χ4v) is 4.22. The summed E-state index contributed by atoms with van der Waals surface area (Å²) in [5.74, 6) is -0.148. The Morgan fingerprint density at radius 1 is 0.483 bits per heavy atom. The number of amides is 1. The van der Waals surface area contributed by atoms with Crippen LogP contribution in [-0.2, 0) is 4.79 Å². The average molecular weight is 408 g/mol. The van der Waals surface area contributed by atoms with Crippen LogP contribution >= 0.6 is 0 Å². The molecule has 29 heavy (non-hydrogen) atoms. The molecule has 0 bridgehead atoms. The first-order valence-corrected chi connectivity index (χ1v) is 13.2. The number of allylic oxidation sites excluding steroid dienone is 1. The molecule has 0 aliphatic rings. The lowest BCUT2D eigenvalue weighted by atomic mass is 9.92. The van der Waals surface area contributed by atoms with Crippen molar-refractivity contribution in [3.05, 3.63) is 11.1 Å². The molecule has 172 valence electrons. The lowest BCUT2D eigenvalue weighted by molar-refractivity contribution is -0.114. The Morgan fingerprint density at radius 3 is 1.14 bits per heavy atom. The van der Waals surface area contributed by atoms with Crippen molar-refractivity contribution in [1.29, 1.82) is 0 Å². The molecule has 0 aromatic rings. The summed E-state index contributed by atoms with van der Waals surface area (Å²) in [7, 11) is 0. The number of carbonyl (C=O) groups is 1. The summed E-state index contributed by atoms with van der Waals surface area (Å²) >= 11 is 0. The summed E-state index contributed by atoms with van der Waals surface area (Å²) in [6.45, 7) is 6.79. The number of nitrogens with two attached hydrogens (primary N) is 1. The third-order valence-electron chi connectivity index (χ3n) is 6.17. The second kappa shape index (κ2) is 21.9. The Balaban J connectivity index is 4.60. The van der Waals surface area contributed by atoms with Gasteiger partial charge in [0.2, 0.25) is 5.91 Å². The largest absolute Gasteiger partial charge is 0.366 e. The van der Waals surface area contributed by atoms with Crippen molar-refractivity contribution in [2.24, 2.45) is 5.73 Å². The zero-order valence-corrected chi connectivity index (χ0v) is 20.3. The topological polar surface area (TPSA) is 43.1 Å². The van der Waals surface area contributed by atoms with Crippen LogP contribution in [0.1, 0.15) is 156 Å². The summed E-state index contributed by atoms with van der Waals surface area (Å²) in [5, 5.41) is 0. The summed E-state index contributed by atoms with van der Waals surface area (Å²) in [4.78, 5) is 12.2. The second-order valence-electron chi connectivity index (χ2n) is 9.00. The van der Waals surface area contributed by atoms with Crippen LogP contribution in [0.3, 0.4) is 0 Å². The van der Waals surface area contributed by atoms with Crippen LogP contribution < -0.4 is 5.73 Å². The SMILES string of the molecule is CCCCCCCCC(CCCCCCCC)=C(CCCCCCCC)C(N)=O. The number of carbonyl (C=O) groups excluding carboxylic acids is 1. The van der Waals surface area contributed by atoms with Gasteiger partial charge in [-0.05, 0) is 38.5 Å². The van der Waals surface area contributed by atoms with E-state index < -0.39 is 0 Å². The zero-order chi connectivity index (χ0) is 21.6. The van der Waals surface area contributed by atoms with E-state index >= 15 is 0 Å². The van der Waals surface area contributed by atoms with Crippen LogP contribution in [0.15, 0.2) is 11.1 Å². The van der Waals surface area contributed by atoms with E-state index in [4.69, 9.17) is 5.73 Å². The van der Waals surface area contributed by atoms with Gasteiger partial charge in [-0.25, -0.2) is 0 Å². The van der Waals surface area contributed by atoms with E-state index in [9.17, 15) is 4.79 Å². The van der Waals surface area contributed by atoms with Gasteiger partial charge >= 0.3 is 0 Å². The predicted octanol–water partition coefficient (Wildman–Crippen LogP) is 9.02. The van der Waals surface area contributed by atoms with Gasteiger partial charge in [0.1, 0.15) is 0 Å². The molecule has 0 aliphatic carbocycles. The summed E-state index contributed by atoms with van der Waals surface area (Å²) in [6.07, 6.45) is 26.4. The molecule has 0 saturated heterocycles. The van der Waals surface area contributed by atoms with Gasteiger partial charge < -0.3 is 5.73 Å². The molecule has 0 aliphatic heterocycles. The van der Waals surface area contributed by atoms with E-state index in [-0.39, 0.29) is 5.91 Å². The first kappa shape index (κ1) is 28.2. The van der Waals surface area contributed by atoms with Gasteiger partial charge in [0.05, 0.1) is 0 Å². The Kier molecular flexibility index (Phi) is 21.3. The highest BCUT2D eigenvalue weighted by Crippen LogP contribution is 2.25. The number of hydrogen-bond acceptors (Lipinski definition) is 1. The molecule has 0 rings (SSSR count). The molecule has 0 radical (unpaired) electrons. The molecule has 0 spiro atoms. The molecule has 0 fully saturated rings. The van der Waals surface area contributed by atoms with E-state index in [1.165, 1.54) is 115 Å². The quantitative estimate of drug-likeness (QED) is 0.141. The molecule has 2 nitrogen and oxygen atoms in total. The van der Waals surface area contributed by atoms with Crippen molar-refractivity contribution in [2.75, 3.05) is 0 Å². The maximum absolute atomic E-state index is 12.2. The molecule has 1 amide bonds. The first-order valence-electron chi connectivity index (χ1n) is 13.2. The minimum atomic E-state index is -0.148. The van der Waals surface area contributed by atoms with Gasteiger partial charge in [0, 0.05) is 5.57 Å². The minimum Gasteiger partial charge on any atom is -0.366 e. The Labute approximate surface area is 183 Å². The average Bonchev–Trinajstić information content (AvgIpc) is 2.71. The number of unbranched alkanes of at least 4 members (excludes halogenated alkanes) is 15. The zero-order valence-electron chi connectivity index (χ0n) is 20.3. The normalized spacial score (nSPS) is 11.0. The summed E-state index contributed by atoms with van der Waals surface area (Å²) in [6, 6.07) is 0. The summed E-state index contributed by atoms with van der Waals surface area (Å²) in [5.41, 5.74) is 8.23. The second-order valence-corrected chi connectivity index (χ2v) is 9.00. The van der Waals surface area contributed by atoms with Crippen molar-refractivity contribution in [1.82, 2.24) is 0 Å². The van der Waals surface area contributed by atoms with Gasteiger partial charge in [-0.2, -0.15) is 0 Å². The number of primary amides is 1. The van der Waals surface area contributed by atoms with Crippen molar-refractivity contribution < 1.29 is 4.79 Å². The molecule has 0 atom stereocenters. The molecule has 0 unspecified atom stereocenters. The lowest BCUT2D eigenvalue weighted by Gasteiger charge is -2.14. The van der Waals surface area contributed by atoms with Gasteiger partial charge in [-0.3, -0.25) is 4.79 Å². The van der Waals surface area contributed by atoms with Crippen LogP contribution in [0.5, 0.6) is 0 Å². The number of rotatable bonds is 22. The summed E-state index contributed by atoms with van der Waals surface area (Å²) < 4.78 is 0. The van der Waals surface area contributed by atoms with Crippen molar-refractivity contribution in [2.45, 2.75) is 156 Å². The monoisotopic (exact) mass is 407 g/mol. The van der Waals surface area contributed by atoms with Crippen molar-refractivity contribution >= 4 is 5.91 Å². The smallest absolute Gasteiger partial charge is 0.244 e.